The molecule has 3 aromatic heterocycles. The van der Waals surface area contributed by atoms with Crippen LogP contribution in [0.4, 0.5) is 13.2 Å². The molecule has 0 radical (unpaired) electrons. The lowest BCUT2D eigenvalue weighted by molar-refractivity contribution is -0.137. The molecule has 0 aliphatic rings. The highest BCUT2D eigenvalue weighted by Crippen LogP contribution is 2.29. The number of aromatic amines is 1. The first-order valence-electron chi connectivity index (χ1n) is 8.17. The zero-order chi connectivity index (χ0) is 20.5. The topological polar surface area (TPSA) is 102 Å². The van der Waals surface area contributed by atoms with Gasteiger partial charge in [-0.3, -0.25) is 19.4 Å². The van der Waals surface area contributed by atoms with Gasteiger partial charge in [-0.05, 0) is 19.1 Å². The number of nitrogens with zero attached hydrogens (tertiary/aromatic N) is 3. The number of nitrogens with one attached hydrogen (secondary N) is 2. The molecule has 28 heavy (non-hydrogen) atoms. The lowest BCUT2D eigenvalue weighted by atomic mass is 10.1. The number of halogens is 3. The highest BCUT2D eigenvalue weighted by Gasteiger charge is 2.30. The van der Waals surface area contributed by atoms with Crippen LogP contribution in [0.3, 0.4) is 0 Å². The summed E-state index contributed by atoms with van der Waals surface area (Å²) in [6.45, 7) is 1.75. The van der Waals surface area contributed by atoms with Crippen molar-refractivity contribution in [3.05, 3.63) is 51.6 Å². The maximum atomic E-state index is 12.5. The zero-order valence-electron chi connectivity index (χ0n) is 14.9. The third-order valence-electron chi connectivity index (χ3n) is 3.89. The molecule has 0 atom stereocenters. The zero-order valence-corrected chi connectivity index (χ0v) is 14.9. The third kappa shape index (κ3) is 3.97. The number of hydrogen-bond donors (Lipinski definition) is 2. The molecule has 0 bridgehead atoms. The summed E-state index contributed by atoms with van der Waals surface area (Å²) in [7, 11) is 1.61. The van der Waals surface area contributed by atoms with Crippen molar-refractivity contribution in [2.24, 2.45) is 7.05 Å². The fourth-order valence-corrected chi connectivity index (χ4v) is 2.61. The van der Waals surface area contributed by atoms with Gasteiger partial charge in [-0.25, -0.2) is 9.97 Å². The smallest absolute Gasteiger partial charge is 0.417 e. The van der Waals surface area contributed by atoms with Crippen LogP contribution >= 0.6 is 0 Å². The second-order valence-electron chi connectivity index (χ2n) is 6.00. The number of aryl methyl sites for hydroxylation is 2. The molecule has 0 unspecified atom stereocenters. The van der Waals surface area contributed by atoms with Crippen LogP contribution in [0.5, 0.6) is 5.88 Å². The van der Waals surface area contributed by atoms with Gasteiger partial charge in [-0.2, -0.15) is 13.2 Å². The van der Waals surface area contributed by atoms with E-state index in [4.69, 9.17) is 4.74 Å². The lowest BCUT2D eigenvalue weighted by Gasteiger charge is -2.09. The molecule has 3 heterocycles. The average Bonchev–Trinajstić information content (AvgIpc) is 2.91. The fourth-order valence-electron chi connectivity index (χ4n) is 2.61. The molecular formula is C17H16F3N5O3. The van der Waals surface area contributed by atoms with Crippen molar-refractivity contribution in [2.45, 2.75) is 13.1 Å². The number of amides is 1. The molecule has 0 aliphatic heterocycles. The monoisotopic (exact) mass is 395 g/mol. The number of carbonyl (C=O) groups excluding carboxylic acids is 1. The van der Waals surface area contributed by atoms with Crippen molar-refractivity contribution >= 4 is 16.9 Å². The Morgan fingerprint density at radius 2 is 2.11 bits per heavy atom. The van der Waals surface area contributed by atoms with E-state index in [9.17, 15) is 22.8 Å². The summed E-state index contributed by atoms with van der Waals surface area (Å²) < 4.78 is 44.1. The highest BCUT2D eigenvalue weighted by molar-refractivity contribution is 6.05. The van der Waals surface area contributed by atoms with E-state index in [0.717, 1.165) is 12.1 Å². The standard InChI is InChI=1S/C17H16F3N5O3/c1-9-7-11(13-14(23-9)25(2)24-16(13)27)15(26)21-5-6-28-12-4-3-10(8-22-12)17(18,19)20/h3-4,7-8H,5-6H2,1-2H3,(H,21,26)(H,24,27). The average molecular weight is 395 g/mol. The lowest BCUT2D eigenvalue weighted by Crippen LogP contribution is -2.29. The number of fused-ring (bicyclic) bond motifs is 1. The van der Waals surface area contributed by atoms with Crippen LogP contribution in [0.15, 0.2) is 29.2 Å². The van der Waals surface area contributed by atoms with E-state index in [1.807, 2.05) is 0 Å². The van der Waals surface area contributed by atoms with Gasteiger partial charge in [-0.1, -0.05) is 0 Å². The van der Waals surface area contributed by atoms with Gasteiger partial charge >= 0.3 is 6.18 Å². The van der Waals surface area contributed by atoms with Crippen molar-refractivity contribution in [3.63, 3.8) is 0 Å². The van der Waals surface area contributed by atoms with Crippen LogP contribution in [0.1, 0.15) is 21.6 Å². The summed E-state index contributed by atoms with van der Waals surface area (Å²) in [4.78, 5) is 32.3. The molecule has 8 nitrogen and oxygen atoms in total. The number of rotatable bonds is 5. The molecule has 1 amide bonds. The summed E-state index contributed by atoms with van der Waals surface area (Å²) in [5.74, 6) is -0.486. The van der Waals surface area contributed by atoms with Crippen LogP contribution < -0.4 is 15.6 Å². The third-order valence-corrected chi connectivity index (χ3v) is 3.89. The molecule has 0 saturated carbocycles. The van der Waals surface area contributed by atoms with Gasteiger partial charge in [-0.15, -0.1) is 0 Å². The maximum absolute atomic E-state index is 12.5. The van der Waals surface area contributed by atoms with Gasteiger partial charge in [0.15, 0.2) is 5.65 Å². The largest absolute Gasteiger partial charge is 0.476 e. The summed E-state index contributed by atoms with van der Waals surface area (Å²) in [5.41, 5.74) is -0.200. The van der Waals surface area contributed by atoms with E-state index in [1.54, 1.807) is 14.0 Å². The summed E-state index contributed by atoms with van der Waals surface area (Å²) in [6, 6.07) is 3.47. The number of aromatic nitrogens is 4. The quantitative estimate of drug-likeness (QED) is 0.642. The summed E-state index contributed by atoms with van der Waals surface area (Å²) in [6.07, 6.45) is -3.80. The molecule has 0 saturated heterocycles. The Morgan fingerprint density at radius 1 is 1.36 bits per heavy atom. The number of ether oxygens (including phenoxy) is 1. The fraction of sp³-hybridized carbons (Fsp3) is 0.294. The molecule has 3 aromatic rings. The van der Waals surface area contributed by atoms with Crippen molar-refractivity contribution in [1.29, 1.82) is 0 Å². The number of H-pyrrole nitrogens is 1. The normalized spacial score (nSPS) is 11.6. The maximum Gasteiger partial charge on any atom is 0.417 e. The minimum atomic E-state index is -4.47. The van der Waals surface area contributed by atoms with Gasteiger partial charge in [0.05, 0.1) is 23.1 Å². The van der Waals surface area contributed by atoms with Crippen molar-refractivity contribution in [2.75, 3.05) is 13.2 Å². The van der Waals surface area contributed by atoms with Crippen molar-refractivity contribution in [1.82, 2.24) is 25.1 Å². The van der Waals surface area contributed by atoms with E-state index in [0.29, 0.717) is 17.5 Å². The Morgan fingerprint density at radius 3 is 2.75 bits per heavy atom. The number of hydrogen-bond acceptors (Lipinski definition) is 5. The van der Waals surface area contributed by atoms with Crippen LogP contribution in [0, 0.1) is 6.92 Å². The molecule has 0 spiro atoms. The molecule has 148 valence electrons. The molecule has 2 N–H and O–H groups in total. The Bertz CT molecular complexity index is 1070. The van der Waals surface area contributed by atoms with Crippen LogP contribution in [-0.4, -0.2) is 38.8 Å². The first kappa shape index (κ1) is 19.4. The number of carbonyl (C=O) groups is 1. The summed E-state index contributed by atoms with van der Waals surface area (Å²) >= 11 is 0. The second kappa shape index (κ2) is 7.33. The minimum Gasteiger partial charge on any atom is -0.476 e. The van der Waals surface area contributed by atoms with E-state index in [-0.39, 0.29) is 30.0 Å². The molecule has 0 aromatic carbocycles. The Kier molecular flexibility index (Phi) is 5.08. The first-order chi connectivity index (χ1) is 13.2. The molecular weight excluding hydrogens is 379 g/mol. The predicted octanol–water partition coefficient (Wildman–Crippen LogP) is 1.79. The second-order valence-corrected chi connectivity index (χ2v) is 6.00. The first-order valence-corrected chi connectivity index (χ1v) is 8.17. The van der Waals surface area contributed by atoms with Crippen LogP contribution in [0.25, 0.3) is 11.0 Å². The van der Waals surface area contributed by atoms with Crippen molar-refractivity contribution in [3.8, 4) is 5.88 Å². The van der Waals surface area contributed by atoms with Crippen LogP contribution in [-0.2, 0) is 13.2 Å². The highest BCUT2D eigenvalue weighted by atomic mass is 19.4. The van der Waals surface area contributed by atoms with E-state index in [2.05, 4.69) is 20.4 Å². The number of pyridine rings is 2. The Labute approximate surface area is 156 Å². The van der Waals surface area contributed by atoms with Gasteiger partial charge in [0.1, 0.15) is 6.61 Å². The van der Waals surface area contributed by atoms with Gasteiger partial charge in [0, 0.05) is 25.0 Å². The minimum absolute atomic E-state index is 0.00361. The van der Waals surface area contributed by atoms with Gasteiger partial charge in [0.2, 0.25) is 5.88 Å². The molecule has 11 heteroatoms. The van der Waals surface area contributed by atoms with Gasteiger partial charge in [0.25, 0.3) is 11.5 Å². The molecule has 0 fully saturated rings. The van der Waals surface area contributed by atoms with E-state index < -0.39 is 23.2 Å². The van der Waals surface area contributed by atoms with Crippen molar-refractivity contribution < 1.29 is 22.7 Å². The molecule has 0 aliphatic carbocycles. The number of alkyl halides is 3. The van der Waals surface area contributed by atoms with E-state index in [1.165, 1.54) is 10.7 Å². The Hall–Kier alpha value is -3.37. The Balaban J connectivity index is 1.62. The predicted molar refractivity (Wildman–Crippen MR) is 93.1 cm³/mol. The summed E-state index contributed by atoms with van der Waals surface area (Å²) in [5, 5.41) is 5.32. The SMILES string of the molecule is Cc1cc(C(=O)NCCOc2ccc(C(F)(F)F)cn2)c2c(=O)[nH]n(C)c2n1. The van der Waals surface area contributed by atoms with Gasteiger partial charge < -0.3 is 10.1 Å². The van der Waals surface area contributed by atoms with Crippen LogP contribution in [0.2, 0.25) is 0 Å². The van der Waals surface area contributed by atoms with E-state index >= 15 is 0 Å². The molecule has 3 rings (SSSR count).